The summed E-state index contributed by atoms with van der Waals surface area (Å²) in [7, 11) is -3.85. The molecule has 1 aliphatic heterocycles. The molecule has 0 saturated heterocycles. The summed E-state index contributed by atoms with van der Waals surface area (Å²) in [5, 5.41) is 0. The fraction of sp³-hybridized carbons (Fsp3) is 0.118. The van der Waals surface area contributed by atoms with E-state index in [2.05, 4.69) is 9.82 Å². The standard InChI is InChI=1S/C17H15N3O4S2/c21-26(22,13-6-7-15-16(10-13)24-9-8-23-15)19-20-11-14(18-17(20)25)12-4-2-1-3-5-12/h1-7,10-11,19H,8-9H2,(H,18,25). The quantitative estimate of drug-likeness (QED) is 0.670. The number of imidazole rings is 1. The molecule has 1 aliphatic rings. The number of hydrogen-bond acceptors (Lipinski definition) is 5. The van der Waals surface area contributed by atoms with Crippen molar-refractivity contribution in [3.8, 4) is 22.8 Å². The Morgan fingerprint density at radius 2 is 1.77 bits per heavy atom. The second-order valence-corrected chi connectivity index (χ2v) is 7.66. The van der Waals surface area contributed by atoms with Crippen LogP contribution in [0.15, 0.2) is 59.6 Å². The van der Waals surface area contributed by atoms with Crippen molar-refractivity contribution >= 4 is 22.2 Å². The van der Waals surface area contributed by atoms with Crippen LogP contribution in [0.1, 0.15) is 0 Å². The number of hydrogen-bond donors (Lipinski definition) is 2. The lowest BCUT2D eigenvalue weighted by atomic mass is 10.2. The maximum Gasteiger partial charge on any atom is 0.275 e. The summed E-state index contributed by atoms with van der Waals surface area (Å²) in [4.78, 5) is 5.51. The lowest BCUT2D eigenvalue weighted by Gasteiger charge is -2.19. The van der Waals surface area contributed by atoms with Crippen molar-refractivity contribution in [3.05, 3.63) is 59.5 Å². The zero-order valence-electron chi connectivity index (χ0n) is 13.5. The third-order valence-electron chi connectivity index (χ3n) is 3.85. The predicted octanol–water partition coefficient (Wildman–Crippen LogP) is 2.92. The number of sulfonamides is 1. The van der Waals surface area contributed by atoms with E-state index >= 15 is 0 Å². The van der Waals surface area contributed by atoms with Crippen LogP contribution in [-0.2, 0) is 10.0 Å². The predicted molar refractivity (Wildman–Crippen MR) is 99.0 cm³/mol. The molecule has 1 aromatic heterocycles. The highest BCUT2D eigenvalue weighted by Crippen LogP contribution is 2.32. The number of nitrogens with one attached hydrogen (secondary N) is 2. The Morgan fingerprint density at radius 1 is 1.04 bits per heavy atom. The summed E-state index contributed by atoms with van der Waals surface area (Å²) in [5.74, 6) is 0.932. The Morgan fingerprint density at radius 3 is 2.54 bits per heavy atom. The normalized spacial score (nSPS) is 13.4. The maximum atomic E-state index is 12.7. The van der Waals surface area contributed by atoms with Gasteiger partial charge in [-0.05, 0) is 29.9 Å². The minimum Gasteiger partial charge on any atom is -0.486 e. The van der Waals surface area contributed by atoms with Crippen molar-refractivity contribution < 1.29 is 17.9 Å². The summed E-state index contributed by atoms with van der Waals surface area (Å²) < 4.78 is 37.8. The van der Waals surface area contributed by atoms with Gasteiger partial charge in [0.15, 0.2) is 16.3 Å². The number of H-pyrrole nitrogens is 1. The van der Waals surface area contributed by atoms with Crippen molar-refractivity contribution in [2.45, 2.75) is 4.90 Å². The first kappa shape index (κ1) is 16.7. The van der Waals surface area contributed by atoms with Crippen LogP contribution in [0.25, 0.3) is 11.3 Å². The third kappa shape index (κ3) is 3.18. The molecule has 0 spiro atoms. The first-order valence-electron chi connectivity index (χ1n) is 7.82. The molecular formula is C17H15N3O4S2. The second-order valence-electron chi connectivity index (χ2n) is 5.61. The highest BCUT2D eigenvalue weighted by atomic mass is 32.2. The fourth-order valence-corrected chi connectivity index (χ4v) is 3.88. The number of aromatic amines is 1. The fourth-order valence-electron chi connectivity index (χ4n) is 2.60. The Kier molecular flexibility index (Phi) is 4.17. The van der Waals surface area contributed by atoms with E-state index in [0.29, 0.717) is 30.4 Å². The summed E-state index contributed by atoms with van der Waals surface area (Å²) in [6, 6.07) is 14.0. The number of aromatic nitrogens is 2. The van der Waals surface area contributed by atoms with Gasteiger partial charge in [0.05, 0.1) is 16.8 Å². The van der Waals surface area contributed by atoms with E-state index in [1.54, 1.807) is 12.3 Å². The van der Waals surface area contributed by atoms with Crippen LogP contribution >= 0.6 is 12.2 Å². The number of rotatable bonds is 4. The Hall–Kier alpha value is -2.78. The minimum atomic E-state index is -3.85. The summed E-state index contributed by atoms with van der Waals surface area (Å²) in [6.45, 7) is 0.825. The van der Waals surface area contributed by atoms with Gasteiger partial charge in [-0.25, -0.2) is 9.51 Å². The molecule has 2 heterocycles. The topological polar surface area (TPSA) is 85.4 Å². The molecule has 0 unspecified atom stereocenters. The van der Waals surface area contributed by atoms with Gasteiger partial charge in [0.1, 0.15) is 13.2 Å². The monoisotopic (exact) mass is 389 g/mol. The number of benzene rings is 2. The van der Waals surface area contributed by atoms with Crippen LogP contribution in [0.4, 0.5) is 0 Å². The molecule has 3 aromatic rings. The molecule has 4 rings (SSSR count). The smallest absolute Gasteiger partial charge is 0.275 e. The van der Waals surface area contributed by atoms with E-state index < -0.39 is 10.0 Å². The van der Waals surface area contributed by atoms with E-state index in [-0.39, 0.29) is 9.67 Å². The van der Waals surface area contributed by atoms with Crippen LogP contribution in [0.3, 0.4) is 0 Å². The maximum absolute atomic E-state index is 12.7. The first-order chi connectivity index (χ1) is 12.5. The minimum absolute atomic E-state index is 0.0612. The molecule has 9 heteroatoms. The zero-order chi connectivity index (χ0) is 18.1. The zero-order valence-corrected chi connectivity index (χ0v) is 15.1. The van der Waals surface area contributed by atoms with Gasteiger partial charge in [0.2, 0.25) is 0 Å². The van der Waals surface area contributed by atoms with E-state index in [1.165, 1.54) is 16.8 Å². The highest BCUT2D eigenvalue weighted by Gasteiger charge is 2.20. The molecule has 2 aromatic carbocycles. The number of ether oxygens (including phenoxy) is 2. The van der Waals surface area contributed by atoms with Crippen LogP contribution < -0.4 is 14.3 Å². The molecule has 0 amide bonds. The lowest BCUT2D eigenvalue weighted by Crippen LogP contribution is -2.23. The van der Waals surface area contributed by atoms with Gasteiger partial charge in [-0.15, -0.1) is 0 Å². The molecule has 0 saturated carbocycles. The molecule has 7 nitrogen and oxygen atoms in total. The Balaban J connectivity index is 1.64. The van der Waals surface area contributed by atoms with E-state index in [0.717, 1.165) is 5.56 Å². The van der Waals surface area contributed by atoms with Gasteiger partial charge >= 0.3 is 0 Å². The Labute approximate surface area is 155 Å². The second kappa shape index (κ2) is 6.50. The van der Waals surface area contributed by atoms with E-state index in [4.69, 9.17) is 21.7 Å². The van der Waals surface area contributed by atoms with Crippen LogP contribution in [0.2, 0.25) is 0 Å². The third-order valence-corrected chi connectivity index (χ3v) is 5.46. The molecule has 0 radical (unpaired) electrons. The molecule has 0 fully saturated rings. The van der Waals surface area contributed by atoms with E-state index in [1.807, 2.05) is 30.3 Å². The van der Waals surface area contributed by atoms with Crippen molar-refractivity contribution in [1.29, 1.82) is 0 Å². The van der Waals surface area contributed by atoms with Gasteiger partial charge < -0.3 is 14.5 Å². The molecule has 2 N–H and O–H groups in total. The molecule has 0 atom stereocenters. The van der Waals surface area contributed by atoms with Crippen molar-refractivity contribution in [3.63, 3.8) is 0 Å². The van der Waals surface area contributed by atoms with Crippen molar-refractivity contribution in [2.24, 2.45) is 0 Å². The number of nitrogens with zero attached hydrogens (tertiary/aromatic N) is 1. The number of fused-ring (bicyclic) bond motifs is 1. The SMILES string of the molecule is O=S(=O)(Nn1cc(-c2ccccc2)[nH]c1=S)c1ccc2c(c1)OCCO2. The van der Waals surface area contributed by atoms with Gasteiger partial charge in [-0.3, -0.25) is 0 Å². The van der Waals surface area contributed by atoms with Crippen LogP contribution in [-0.4, -0.2) is 31.3 Å². The molecule has 0 bridgehead atoms. The largest absolute Gasteiger partial charge is 0.486 e. The average molecular weight is 389 g/mol. The Bertz CT molecular complexity index is 1100. The summed E-state index contributed by atoms with van der Waals surface area (Å²) in [5.41, 5.74) is 1.61. The van der Waals surface area contributed by atoms with Gasteiger partial charge in [-0.2, -0.15) is 8.42 Å². The van der Waals surface area contributed by atoms with Crippen molar-refractivity contribution in [1.82, 2.24) is 9.66 Å². The average Bonchev–Trinajstić information content (AvgIpc) is 3.02. The van der Waals surface area contributed by atoms with Gasteiger partial charge in [0.25, 0.3) is 10.0 Å². The highest BCUT2D eigenvalue weighted by molar-refractivity contribution is 7.92. The van der Waals surface area contributed by atoms with Gasteiger partial charge in [0, 0.05) is 6.07 Å². The first-order valence-corrected chi connectivity index (χ1v) is 9.72. The molecule has 26 heavy (non-hydrogen) atoms. The molecular weight excluding hydrogens is 374 g/mol. The lowest BCUT2D eigenvalue weighted by molar-refractivity contribution is 0.171. The van der Waals surface area contributed by atoms with Gasteiger partial charge in [-0.1, -0.05) is 30.3 Å². The van der Waals surface area contributed by atoms with Crippen LogP contribution in [0, 0.1) is 4.77 Å². The van der Waals surface area contributed by atoms with E-state index in [9.17, 15) is 8.42 Å². The molecule has 134 valence electrons. The van der Waals surface area contributed by atoms with Crippen molar-refractivity contribution in [2.75, 3.05) is 18.0 Å². The van der Waals surface area contributed by atoms with Crippen LogP contribution in [0.5, 0.6) is 11.5 Å². The summed E-state index contributed by atoms with van der Waals surface area (Å²) in [6.07, 6.45) is 1.60. The summed E-state index contributed by atoms with van der Waals surface area (Å²) >= 11 is 5.22. The molecule has 0 aliphatic carbocycles.